The number of rotatable bonds is 6. The minimum absolute atomic E-state index is 0.112. The van der Waals surface area contributed by atoms with Crippen LogP contribution in [-0.4, -0.2) is 35.4 Å². The number of nitrogens with zero attached hydrogens (tertiary/aromatic N) is 1. The van der Waals surface area contributed by atoms with Gasteiger partial charge in [-0.1, -0.05) is 0 Å². The number of aromatic carboxylic acids is 1. The molecular weight excluding hydrogens is 244 g/mol. The molecule has 0 amide bonds. The lowest BCUT2D eigenvalue weighted by Gasteiger charge is -2.40. The third-order valence-electron chi connectivity index (χ3n) is 3.63. The van der Waals surface area contributed by atoms with Crippen LogP contribution in [-0.2, 0) is 0 Å². The molecule has 0 unspecified atom stereocenters. The maximum absolute atomic E-state index is 11.3. The Morgan fingerprint density at radius 2 is 2.16 bits per heavy atom. The van der Waals surface area contributed by atoms with E-state index in [1.807, 2.05) is 0 Å². The van der Waals surface area contributed by atoms with Crippen molar-refractivity contribution >= 4 is 17.3 Å². The third-order valence-corrected chi connectivity index (χ3v) is 3.63. The van der Waals surface area contributed by atoms with Crippen LogP contribution in [0.3, 0.4) is 0 Å². The van der Waals surface area contributed by atoms with E-state index >= 15 is 0 Å². The molecule has 0 radical (unpaired) electrons. The first-order valence-electron chi connectivity index (χ1n) is 6.64. The standard InChI is InChI=1S/C14H20N2O3/c15-10-5-6-13(12(9-10)14(18)19)16(7-2-8-17)11-3-1-4-11/h5-6,9,11,17H,1-4,7-8,15H2,(H,18,19). The quantitative estimate of drug-likeness (QED) is 0.681. The topological polar surface area (TPSA) is 86.8 Å². The third kappa shape index (κ3) is 2.98. The highest BCUT2D eigenvalue weighted by Gasteiger charge is 2.27. The van der Waals surface area contributed by atoms with Gasteiger partial charge in [-0.05, 0) is 43.9 Å². The first kappa shape index (κ1) is 13.7. The van der Waals surface area contributed by atoms with Gasteiger partial charge in [-0.15, -0.1) is 0 Å². The second kappa shape index (κ2) is 5.93. The molecule has 0 saturated heterocycles. The van der Waals surface area contributed by atoms with Crippen molar-refractivity contribution in [1.29, 1.82) is 0 Å². The number of nitrogen functional groups attached to an aromatic ring is 1. The van der Waals surface area contributed by atoms with Crippen LogP contribution in [0.25, 0.3) is 0 Å². The number of carboxylic acids is 1. The predicted octanol–water partition coefficient (Wildman–Crippen LogP) is 1.71. The fourth-order valence-corrected chi connectivity index (χ4v) is 2.41. The zero-order valence-electron chi connectivity index (χ0n) is 10.9. The number of aliphatic hydroxyl groups is 1. The maximum atomic E-state index is 11.3. The van der Waals surface area contributed by atoms with E-state index in [0.717, 1.165) is 12.8 Å². The fraction of sp³-hybridized carbons (Fsp3) is 0.500. The van der Waals surface area contributed by atoms with E-state index in [9.17, 15) is 9.90 Å². The summed E-state index contributed by atoms with van der Waals surface area (Å²) in [6.45, 7) is 0.784. The van der Waals surface area contributed by atoms with Gasteiger partial charge in [0.1, 0.15) is 0 Å². The average Bonchev–Trinajstić information content (AvgIpc) is 2.32. The van der Waals surface area contributed by atoms with E-state index < -0.39 is 5.97 Å². The summed E-state index contributed by atoms with van der Waals surface area (Å²) in [7, 11) is 0. The molecule has 104 valence electrons. The first-order chi connectivity index (χ1) is 9.13. The summed E-state index contributed by atoms with van der Waals surface area (Å²) < 4.78 is 0. The number of nitrogens with two attached hydrogens (primary N) is 1. The molecule has 0 atom stereocenters. The van der Waals surface area contributed by atoms with Crippen LogP contribution in [0.15, 0.2) is 18.2 Å². The molecular formula is C14H20N2O3. The van der Waals surface area contributed by atoms with Gasteiger partial charge in [0.15, 0.2) is 0 Å². The lowest BCUT2D eigenvalue weighted by atomic mass is 9.90. The van der Waals surface area contributed by atoms with Crippen LogP contribution in [0.2, 0.25) is 0 Å². The van der Waals surface area contributed by atoms with Crippen LogP contribution in [0.4, 0.5) is 11.4 Å². The van der Waals surface area contributed by atoms with Gasteiger partial charge >= 0.3 is 5.97 Å². The van der Waals surface area contributed by atoms with Gasteiger partial charge in [0.2, 0.25) is 0 Å². The molecule has 1 aliphatic rings. The van der Waals surface area contributed by atoms with Crippen molar-refractivity contribution in [3.05, 3.63) is 23.8 Å². The Bertz CT molecular complexity index is 458. The molecule has 1 aromatic rings. The van der Waals surface area contributed by atoms with Crippen LogP contribution in [0, 0.1) is 0 Å². The van der Waals surface area contributed by atoms with Crippen LogP contribution < -0.4 is 10.6 Å². The predicted molar refractivity (Wildman–Crippen MR) is 74.5 cm³/mol. The minimum atomic E-state index is -0.962. The summed E-state index contributed by atoms with van der Waals surface area (Å²) in [6.07, 6.45) is 3.97. The second-order valence-electron chi connectivity index (χ2n) is 4.94. The normalized spacial score (nSPS) is 15.0. The average molecular weight is 264 g/mol. The summed E-state index contributed by atoms with van der Waals surface area (Å²) in [6, 6.07) is 5.39. The minimum Gasteiger partial charge on any atom is -0.478 e. The number of carboxylic acid groups (broad SMARTS) is 1. The molecule has 0 bridgehead atoms. The number of aliphatic hydroxyl groups excluding tert-OH is 1. The molecule has 5 heteroatoms. The van der Waals surface area contributed by atoms with Crippen molar-refractivity contribution in [2.24, 2.45) is 0 Å². The van der Waals surface area contributed by atoms with Crippen molar-refractivity contribution in [2.45, 2.75) is 31.7 Å². The smallest absolute Gasteiger partial charge is 0.337 e. The molecule has 1 aliphatic carbocycles. The molecule has 0 heterocycles. The number of hydrogen-bond acceptors (Lipinski definition) is 4. The molecule has 0 aliphatic heterocycles. The highest BCUT2D eigenvalue weighted by molar-refractivity contribution is 5.95. The van der Waals surface area contributed by atoms with E-state index in [1.165, 1.54) is 12.5 Å². The van der Waals surface area contributed by atoms with Crippen molar-refractivity contribution in [2.75, 3.05) is 23.8 Å². The van der Waals surface area contributed by atoms with Crippen LogP contribution in [0.1, 0.15) is 36.0 Å². The summed E-state index contributed by atoms with van der Waals surface area (Å²) >= 11 is 0. The molecule has 0 spiro atoms. The SMILES string of the molecule is Nc1ccc(N(CCCO)C2CCC2)c(C(=O)O)c1. The first-order valence-corrected chi connectivity index (χ1v) is 6.64. The van der Waals surface area contributed by atoms with Crippen molar-refractivity contribution < 1.29 is 15.0 Å². The number of anilines is 2. The molecule has 1 aromatic carbocycles. The number of hydrogen-bond donors (Lipinski definition) is 3. The highest BCUT2D eigenvalue weighted by Crippen LogP contribution is 2.32. The Kier molecular flexibility index (Phi) is 4.27. The summed E-state index contributed by atoms with van der Waals surface area (Å²) in [5, 5.41) is 18.3. The highest BCUT2D eigenvalue weighted by atomic mass is 16.4. The Morgan fingerprint density at radius 3 is 2.68 bits per heavy atom. The van der Waals surface area contributed by atoms with E-state index in [2.05, 4.69) is 4.90 Å². The zero-order chi connectivity index (χ0) is 13.8. The van der Waals surface area contributed by atoms with Crippen molar-refractivity contribution in [3.63, 3.8) is 0 Å². The lowest BCUT2D eigenvalue weighted by Crippen LogP contribution is -2.42. The monoisotopic (exact) mass is 264 g/mol. The van der Waals surface area contributed by atoms with Crippen molar-refractivity contribution in [3.8, 4) is 0 Å². The number of benzene rings is 1. The van der Waals surface area contributed by atoms with Gasteiger partial charge in [-0.3, -0.25) is 0 Å². The van der Waals surface area contributed by atoms with E-state index in [-0.39, 0.29) is 12.2 Å². The molecule has 1 fully saturated rings. The fourth-order valence-electron chi connectivity index (χ4n) is 2.41. The Labute approximate surface area is 112 Å². The summed E-state index contributed by atoms with van der Waals surface area (Å²) in [5.41, 5.74) is 7.07. The van der Waals surface area contributed by atoms with Gasteiger partial charge in [0.25, 0.3) is 0 Å². The van der Waals surface area contributed by atoms with Crippen molar-refractivity contribution in [1.82, 2.24) is 0 Å². The largest absolute Gasteiger partial charge is 0.478 e. The molecule has 0 aromatic heterocycles. The molecule has 5 nitrogen and oxygen atoms in total. The second-order valence-corrected chi connectivity index (χ2v) is 4.94. The molecule has 2 rings (SSSR count). The lowest BCUT2D eigenvalue weighted by molar-refractivity contribution is 0.0697. The van der Waals surface area contributed by atoms with E-state index in [0.29, 0.717) is 30.4 Å². The Balaban J connectivity index is 2.31. The summed E-state index contributed by atoms with van der Waals surface area (Å²) in [4.78, 5) is 13.4. The Morgan fingerprint density at radius 1 is 1.42 bits per heavy atom. The van der Waals surface area contributed by atoms with Crippen LogP contribution in [0.5, 0.6) is 0 Å². The van der Waals surface area contributed by atoms with Gasteiger partial charge in [0.05, 0.1) is 11.3 Å². The van der Waals surface area contributed by atoms with Gasteiger partial charge in [0, 0.05) is 24.9 Å². The van der Waals surface area contributed by atoms with Crippen LogP contribution >= 0.6 is 0 Å². The van der Waals surface area contributed by atoms with Gasteiger partial charge < -0.3 is 20.8 Å². The number of carbonyl (C=O) groups is 1. The molecule has 19 heavy (non-hydrogen) atoms. The Hall–Kier alpha value is -1.75. The molecule has 4 N–H and O–H groups in total. The van der Waals surface area contributed by atoms with Gasteiger partial charge in [-0.25, -0.2) is 4.79 Å². The molecule has 1 saturated carbocycles. The van der Waals surface area contributed by atoms with E-state index in [4.69, 9.17) is 10.8 Å². The zero-order valence-corrected chi connectivity index (χ0v) is 10.9. The maximum Gasteiger partial charge on any atom is 0.337 e. The van der Waals surface area contributed by atoms with Gasteiger partial charge in [-0.2, -0.15) is 0 Å². The summed E-state index contributed by atoms with van der Waals surface area (Å²) in [5.74, 6) is -0.962. The van der Waals surface area contributed by atoms with E-state index in [1.54, 1.807) is 12.1 Å².